The lowest BCUT2D eigenvalue weighted by atomic mass is 10.1. The van der Waals surface area contributed by atoms with Crippen molar-refractivity contribution in [2.45, 2.75) is 12.5 Å². The van der Waals surface area contributed by atoms with Crippen LogP contribution in [0.1, 0.15) is 26.3 Å². The van der Waals surface area contributed by atoms with Crippen molar-refractivity contribution in [3.05, 3.63) is 65.5 Å². The number of carbonyl (C=O) groups is 2. The fourth-order valence-corrected chi connectivity index (χ4v) is 2.53. The number of hydrogen-bond acceptors (Lipinski definition) is 4. The molecule has 1 aromatic carbocycles. The quantitative estimate of drug-likeness (QED) is 0.856. The van der Waals surface area contributed by atoms with E-state index in [0.717, 1.165) is 5.56 Å². The van der Waals surface area contributed by atoms with Crippen molar-refractivity contribution in [3.63, 3.8) is 0 Å². The number of nitrogens with zero attached hydrogens (tertiary/aromatic N) is 2. The first kappa shape index (κ1) is 13.5. The second-order valence-corrected chi connectivity index (χ2v) is 5.09. The van der Waals surface area contributed by atoms with Gasteiger partial charge in [0.25, 0.3) is 11.8 Å². The van der Waals surface area contributed by atoms with E-state index in [1.165, 1.54) is 4.90 Å². The van der Waals surface area contributed by atoms with Gasteiger partial charge in [-0.25, -0.2) is 0 Å². The van der Waals surface area contributed by atoms with Crippen LogP contribution in [0.5, 0.6) is 0 Å². The van der Waals surface area contributed by atoms with Crippen LogP contribution in [-0.4, -0.2) is 34.3 Å². The topological polar surface area (TPSA) is 76.3 Å². The number of benzene rings is 1. The summed E-state index contributed by atoms with van der Waals surface area (Å²) in [5.41, 5.74) is 7.97. The van der Waals surface area contributed by atoms with E-state index < -0.39 is 0 Å². The van der Waals surface area contributed by atoms with E-state index in [9.17, 15) is 9.59 Å². The maximum absolute atomic E-state index is 12.2. The smallest absolute Gasteiger partial charge is 0.261 e. The Balaban J connectivity index is 1.72. The molecule has 0 saturated carbocycles. The Labute approximate surface area is 122 Å². The van der Waals surface area contributed by atoms with Crippen LogP contribution < -0.4 is 5.73 Å². The van der Waals surface area contributed by atoms with E-state index in [1.807, 2.05) is 12.1 Å². The summed E-state index contributed by atoms with van der Waals surface area (Å²) >= 11 is 0. The molecule has 2 aromatic rings. The Morgan fingerprint density at radius 2 is 1.71 bits per heavy atom. The fourth-order valence-electron chi connectivity index (χ4n) is 2.53. The summed E-state index contributed by atoms with van der Waals surface area (Å²) in [6.45, 7) is 0.210. The van der Waals surface area contributed by atoms with Crippen molar-refractivity contribution in [1.29, 1.82) is 0 Å². The van der Waals surface area contributed by atoms with Gasteiger partial charge in [-0.1, -0.05) is 18.2 Å². The van der Waals surface area contributed by atoms with Gasteiger partial charge in [0.2, 0.25) is 0 Å². The molecular weight excluding hydrogens is 266 g/mol. The van der Waals surface area contributed by atoms with Gasteiger partial charge in [-0.05, 0) is 30.2 Å². The first-order valence-corrected chi connectivity index (χ1v) is 6.76. The largest absolute Gasteiger partial charge is 0.326 e. The SMILES string of the molecule is N[C@H](Cc1cccnc1)CN1C(=O)c2ccccc2C1=O. The highest BCUT2D eigenvalue weighted by atomic mass is 16.2. The Morgan fingerprint density at radius 1 is 1.05 bits per heavy atom. The van der Waals surface area contributed by atoms with Crippen molar-refractivity contribution in [3.8, 4) is 0 Å². The van der Waals surface area contributed by atoms with E-state index >= 15 is 0 Å². The highest BCUT2D eigenvalue weighted by Gasteiger charge is 2.35. The van der Waals surface area contributed by atoms with Crippen LogP contribution in [0.2, 0.25) is 0 Å². The second-order valence-electron chi connectivity index (χ2n) is 5.09. The van der Waals surface area contributed by atoms with Gasteiger partial charge in [0.1, 0.15) is 0 Å². The molecule has 5 heteroatoms. The molecule has 1 aliphatic heterocycles. The molecule has 0 saturated heterocycles. The molecule has 5 nitrogen and oxygen atoms in total. The average Bonchev–Trinajstić information content (AvgIpc) is 2.74. The number of hydrogen-bond donors (Lipinski definition) is 1. The zero-order valence-corrected chi connectivity index (χ0v) is 11.4. The van der Waals surface area contributed by atoms with Gasteiger partial charge >= 0.3 is 0 Å². The molecule has 0 radical (unpaired) electrons. The van der Waals surface area contributed by atoms with E-state index in [4.69, 9.17) is 5.73 Å². The minimum atomic E-state index is -0.309. The lowest BCUT2D eigenvalue weighted by molar-refractivity contribution is 0.0644. The van der Waals surface area contributed by atoms with Gasteiger partial charge in [0, 0.05) is 25.0 Å². The summed E-state index contributed by atoms with van der Waals surface area (Å²) < 4.78 is 0. The standard InChI is InChI=1S/C16H15N3O2/c17-12(8-11-4-3-7-18-9-11)10-19-15(20)13-5-1-2-6-14(13)16(19)21/h1-7,9,12H,8,10,17H2/t12-/m1/s1. The molecule has 0 aliphatic carbocycles. The summed E-state index contributed by atoms with van der Waals surface area (Å²) in [6, 6.07) is 10.3. The van der Waals surface area contributed by atoms with Crippen LogP contribution in [0.25, 0.3) is 0 Å². The first-order valence-electron chi connectivity index (χ1n) is 6.76. The minimum absolute atomic E-state index is 0.210. The van der Waals surface area contributed by atoms with Crippen molar-refractivity contribution in [1.82, 2.24) is 9.88 Å². The van der Waals surface area contributed by atoms with Crippen molar-refractivity contribution < 1.29 is 9.59 Å². The first-order chi connectivity index (χ1) is 10.2. The van der Waals surface area contributed by atoms with Crippen LogP contribution in [-0.2, 0) is 6.42 Å². The molecule has 2 N–H and O–H groups in total. The Kier molecular flexibility index (Phi) is 3.50. The summed E-state index contributed by atoms with van der Waals surface area (Å²) in [5, 5.41) is 0. The van der Waals surface area contributed by atoms with Crippen LogP contribution >= 0.6 is 0 Å². The van der Waals surface area contributed by atoms with Crippen LogP contribution in [0.4, 0.5) is 0 Å². The highest BCUT2D eigenvalue weighted by Crippen LogP contribution is 2.22. The molecule has 0 unspecified atom stereocenters. The predicted molar refractivity (Wildman–Crippen MR) is 77.7 cm³/mol. The molecule has 0 fully saturated rings. The Bertz CT molecular complexity index is 650. The lowest BCUT2D eigenvalue weighted by Gasteiger charge is -2.19. The number of rotatable bonds is 4. The van der Waals surface area contributed by atoms with Gasteiger partial charge in [0.15, 0.2) is 0 Å². The van der Waals surface area contributed by atoms with Gasteiger partial charge < -0.3 is 5.73 Å². The van der Waals surface area contributed by atoms with Gasteiger partial charge in [-0.3, -0.25) is 19.5 Å². The monoisotopic (exact) mass is 281 g/mol. The number of pyridine rings is 1. The fraction of sp³-hybridized carbons (Fsp3) is 0.188. The summed E-state index contributed by atoms with van der Waals surface area (Å²) in [7, 11) is 0. The maximum Gasteiger partial charge on any atom is 0.261 e. The summed E-state index contributed by atoms with van der Waals surface area (Å²) in [5.74, 6) is -0.533. The molecule has 0 bridgehead atoms. The Hall–Kier alpha value is -2.53. The van der Waals surface area contributed by atoms with Crippen LogP contribution in [0, 0.1) is 0 Å². The molecule has 2 amide bonds. The van der Waals surface area contributed by atoms with E-state index in [2.05, 4.69) is 4.98 Å². The molecule has 1 atom stereocenters. The van der Waals surface area contributed by atoms with Crippen molar-refractivity contribution >= 4 is 11.8 Å². The maximum atomic E-state index is 12.2. The number of amides is 2. The summed E-state index contributed by atoms with van der Waals surface area (Å²) in [6.07, 6.45) is 4.00. The molecule has 106 valence electrons. The van der Waals surface area contributed by atoms with Gasteiger partial charge in [-0.2, -0.15) is 0 Å². The third-order valence-corrected chi connectivity index (χ3v) is 3.52. The summed E-state index contributed by atoms with van der Waals surface area (Å²) in [4.78, 5) is 29.7. The van der Waals surface area contributed by atoms with Crippen molar-refractivity contribution in [2.75, 3.05) is 6.54 Å². The molecule has 1 aliphatic rings. The minimum Gasteiger partial charge on any atom is -0.326 e. The second kappa shape index (κ2) is 5.46. The Morgan fingerprint density at radius 3 is 2.29 bits per heavy atom. The third kappa shape index (κ3) is 2.55. The molecule has 21 heavy (non-hydrogen) atoms. The predicted octanol–water partition coefficient (Wildman–Crippen LogP) is 1.25. The third-order valence-electron chi connectivity index (χ3n) is 3.52. The molecule has 0 spiro atoms. The number of imide groups is 1. The van der Waals surface area contributed by atoms with Crippen LogP contribution in [0.3, 0.4) is 0 Å². The van der Waals surface area contributed by atoms with Gasteiger partial charge in [-0.15, -0.1) is 0 Å². The zero-order chi connectivity index (χ0) is 14.8. The van der Waals surface area contributed by atoms with E-state index in [-0.39, 0.29) is 24.4 Å². The average molecular weight is 281 g/mol. The number of carbonyl (C=O) groups excluding carboxylic acids is 2. The number of aromatic nitrogens is 1. The lowest BCUT2D eigenvalue weighted by Crippen LogP contribution is -2.41. The molecule has 3 rings (SSSR count). The zero-order valence-electron chi connectivity index (χ0n) is 11.4. The van der Waals surface area contributed by atoms with Crippen LogP contribution in [0.15, 0.2) is 48.8 Å². The number of fused-ring (bicyclic) bond motifs is 1. The van der Waals surface area contributed by atoms with E-state index in [0.29, 0.717) is 17.5 Å². The molecule has 2 heterocycles. The molecule has 1 aromatic heterocycles. The highest BCUT2D eigenvalue weighted by molar-refractivity contribution is 6.21. The van der Waals surface area contributed by atoms with E-state index in [1.54, 1.807) is 36.7 Å². The van der Waals surface area contributed by atoms with Crippen molar-refractivity contribution in [2.24, 2.45) is 5.73 Å². The van der Waals surface area contributed by atoms with Gasteiger partial charge in [0.05, 0.1) is 11.1 Å². The number of nitrogens with two attached hydrogens (primary N) is 1. The molecular formula is C16H15N3O2. The normalized spacial score (nSPS) is 15.2.